The average molecular weight is 336 g/mol. The Kier molecular flexibility index (Phi) is 4.29. The van der Waals surface area contributed by atoms with Crippen molar-refractivity contribution in [1.29, 1.82) is 0 Å². The molecule has 4 nitrogen and oxygen atoms in total. The lowest BCUT2D eigenvalue weighted by molar-refractivity contribution is 0.0937. The number of carbonyl (C=O) groups is 1. The Morgan fingerprint density at radius 1 is 1.15 bits per heavy atom. The number of phenols is 2. The summed E-state index contributed by atoms with van der Waals surface area (Å²) in [6.07, 6.45) is 0. The number of nitrogens with one attached hydrogen (secondary N) is 1. The van der Waals surface area contributed by atoms with Crippen LogP contribution in [0.3, 0.4) is 0 Å². The van der Waals surface area contributed by atoms with Crippen LogP contribution in [0.25, 0.3) is 0 Å². The van der Waals surface area contributed by atoms with Crippen molar-refractivity contribution in [3.8, 4) is 11.5 Å². The first kappa shape index (κ1) is 14.4. The van der Waals surface area contributed by atoms with Crippen LogP contribution in [-0.2, 0) is 0 Å². The molecule has 0 fully saturated rings. The zero-order valence-electron chi connectivity index (χ0n) is 10.8. The number of hydrogen-bond acceptors (Lipinski definition) is 3. The molecule has 0 bridgehead atoms. The summed E-state index contributed by atoms with van der Waals surface area (Å²) in [4.78, 5) is 12.1. The maximum absolute atomic E-state index is 12.1. The highest BCUT2D eigenvalue weighted by molar-refractivity contribution is 9.10. The van der Waals surface area contributed by atoms with E-state index in [2.05, 4.69) is 21.2 Å². The Hall–Kier alpha value is -2.01. The molecule has 0 saturated heterocycles. The van der Waals surface area contributed by atoms with E-state index in [1.807, 2.05) is 31.2 Å². The third kappa shape index (κ3) is 3.30. The van der Waals surface area contributed by atoms with E-state index < -0.39 is 5.91 Å². The van der Waals surface area contributed by atoms with Gasteiger partial charge in [-0.3, -0.25) is 4.79 Å². The van der Waals surface area contributed by atoms with E-state index in [-0.39, 0.29) is 23.1 Å². The molecule has 0 aromatic heterocycles. The summed E-state index contributed by atoms with van der Waals surface area (Å²) < 4.78 is 0.968. The second kappa shape index (κ2) is 5.96. The van der Waals surface area contributed by atoms with Crippen LogP contribution in [0.2, 0.25) is 0 Å². The van der Waals surface area contributed by atoms with Crippen LogP contribution in [0, 0.1) is 0 Å². The van der Waals surface area contributed by atoms with Crippen LogP contribution in [0.1, 0.15) is 28.9 Å². The van der Waals surface area contributed by atoms with Crippen LogP contribution in [0.4, 0.5) is 0 Å². The van der Waals surface area contributed by atoms with Crippen molar-refractivity contribution < 1.29 is 15.0 Å². The van der Waals surface area contributed by atoms with Crippen molar-refractivity contribution in [3.05, 3.63) is 58.1 Å². The summed E-state index contributed by atoms with van der Waals surface area (Å²) in [5, 5.41) is 21.7. The van der Waals surface area contributed by atoms with Gasteiger partial charge >= 0.3 is 0 Å². The molecule has 1 unspecified atom stereocenters. The highest BCUT2D eigenvalue weighted by Gasteiger charge is 2.15. The molecule has 5 heteroatoms. The lowest BCUT2D eigenvalue weighted by Gasteiger charge is -2.15. The predicted molar refractivity (Wildman–Crippen MR) is 79.8 cm³/mol. The molecule has 0 aliphatic heterocycles. The zero-order chi connectivity index (χ0) is 14.7. The van der Waals surface area contributed by atoms with Crippen molar-refractivity contribution in [3.63, 3.8) is 0 Å². The fraction of sp³-hybridized carbons (Fsp3) is 0.133. The molecule has 3 N–H and O–H groups in total. The van der Waals surface area contributed by atoms with Gasteiger partial charge in [-0.15, -0.1) is 0 Å². The topological polar surface area (TPSA) is 69.6 Å². The van der Waals surface area contributed by atoms with Gasteiger partial charge in [0.2, 0.25) is 0 Å². The number of halogens is 1. The van der Waals surface area contributed by atoms with Gasteiger partial charge in [-0.2, -0.15) is 0 Å². The fourth-order valence-electron chi connectivity index (χ4n) is 1.82. The first-order valence-electron chi connectivity index (χ1n) is 6.05. The number of benzene rings is 2. The van der Waals surface area contributed by atoms with Crippen molar-refractivity contribution in [1.82, 2.24) is 5.32 Å². The summed E-state index contributed by atoms with van der Waals surface area (Å²) in [6, 6.07) is 11.3. The smallest absolute Gasteiger partial charge is 0.255 e. The van der Waals surface area contributed by atoms with E-state index in [0.29, 0.717) is 0 Å². The highest BCUT2D eigenvalue weighted by atomic mass is 79.9. The molecule has 20 heavy (non-hydrogen) atoms. The van der Waals surface area contributed by atoms with Gasteiger partial charge in [-0.25, -0.2) is 0 Å². The largest absolute Gasteiger partial charge is 0.508 e. The van der Waals surface area contributed by atoms with E-state index in [1.165, 1.54) is 12.1 Å². The van der Waals surface area contributed by atoms with Crippen molar-refractivity contribution >= 4 is 21.8 Å². The molecule has 0 radical (unpaired) electrons. The minimum atomic E-state index is -0.391. The Labute approximate surface area is 125 Å². The third-order valence-electron chi connectivity index (χ3n) is 2.94. The normalized spacial score (nSPS) is 11.9. The minimum Gasteiger partial charge on any atom is -0.508 e. The van der Waals surface area contributed by atoms with E-state index in [1.54, 1.807) is 0 Å². The molecule has 1 atom stereocenters. The maximum atomic E-state index is 12.1. The van der Waals surface area contributed by atoms with Gasteiger partial charge < -0.3 is 15.5 Å². The summed E-state index contributed by atoms with van der Waals surface area (Å²) in [5.41, 5.74) is 1.09. The number of rotatable bonds is 3. The standard InChI is InChI=1S/C15H14BrNO3/c1-9(10-2-4-11(16)5-3-10)17-15(20)13-7-6-12(18)8-14(13)19/h2-9,18-19H,1H3,(H,17,20). The van der Waals surface area contributed by atoms with Gasteiger partial charge in [0.15, 0.2) is 0 Å². The number of amides is 1. The summed E-state index contributed by atoms with van der Waals surface area (Å²) in [5.74, 6) is -0.719. The molecule has 1 amide bonds. The van der Waals surface area contributed by atoms with Gasteiger partial charge in [0.1, 0.15) is 11.5 Å². The van der Waals surface area contributed by atoms with Crippen LogP contribution >= 0.6 is 15.9 Å². The molecular formula is C15H14BrNO3. The summed E-state index contributed by atoms with van der Waals surface area (Å²) in [7, 11) is 0. The van der Waals surface area contributed by atoms with E-state index in [9.17, 15) is 15.0 Å². The highest BCUT2D eigenvalue weighted by Crippen LogP contribution is 2.23. The minimum absolute atomic E-state index is 0.0833. The fourth-order valence-corrected chi connectivity index (χ4v) is 2.09. The first-order chi connectivity index (χ1) is 9.47. The van der Waals surface area contributed by atoms with Crippen LogP contribution in [0.5, 0.6) is 11.5 Å². The van der Waals surface area contributed by atoms with Gasteiger partial charge in [-0.05, 0) is 36.8 Å². The predicted octanol–water partition coefficient (Wildman–Crippen LogP) is 3.35. The van der Waals surface area contributed by atoms with E-state index in [4.69, 9.17) is 0 Å². The molecule has 2 rings (SSSR count). The van der Waals surface area contributed by atoms with Crippen molar-refractivity contribution in [2.75, 3.05) is 0 Å². The van der Waals surface area contributed by atoms with Crippen molar-refractivity contribution in [2.45, 2.75) is 13.0 Å². The number of aromatic hydroxyl groups is 2. The zero-order valence-corrected chi connectivity index (χ0v) is 12.4. The molecule has 0 spiro atoms. The van der Waals surface area contributed by atoms with Gasteiger partial charge in [0.25, 0.3) is 5.91 Å². The maximum Gasteiger partial charge on any atom is 0.255 e. The lowest BCUT2D eigenvalue weighted by Crippen LogP contribution is -2.26. The van der Waals surface area contributed by atoms with E-state index >= 15 is 0 Å². The second-order valence-electron chi connectivity index (χ2n) is 4.45. The third-order valence-corrected chi connectivity index (χ3v) is 3.47. The van der Waals surface area contributed by atoms with Crippen LogP contribution in [-0.4, -0.2) is 16.1 Å². The van der Waals surface area contributed by atoms with Gasteiger partial charge in [0, 0.05) is 10.5 Å². The Bertz CT molecular complexity index is 626. The summed E-state index contributed by atoms with van der Waals surface area (Å²) in [6.45, 7) is 1.86. The molecule has 0 aliphatic rings. The number of phenolic OH excluding ortho intramolecular Hbond substituents is 2. The molecule has 0 saturated carbocycles. The number of carbonyl (C=O) groups excluding carboxylic acids is 1. The molecule has 0 heterocycles. The van der Waals surface area contributed by atoms with Crippen molar-refractivity contribution in [2.24, 2.45) is 0 Å². The summed E-state index contributed by atoms with van der Waals surface area (Å²) >= 11 is 3.35. The molecule has 104 valence electrons. The molecular weight excluding hydrogens is 322 g/mol. The molecule has 2 aromatic carbocycles. The van der Waals surface area contributed by atoms with E-state index in [0.717, 1.165) is 16.1 Å². The quantitative estimate of drug-likeness (QED) is 0.805. The van der Waals surface area contributed by atoms with Crippen LogP contribution in [0.15, 0.2) is 46.9 Å². The lowest BCUT2D eigenvalue weighted by atomic mass is 10.1. The van der Waals surface area contributed by atoms with Gasteiger partial charge in [0.05, 0.1) is 11.6 Å². The first-order valence-corrected chi connectivity index (χ1v) is 6.85. The Morgan fingerprint density at radius 2 is 1.80 bits per heavy atom. The number of hydrogen-bond donors (Lipinski definition) is 3. The Morgan fingerprint density at radius 3 is 2.40 bits per heavy atom. The monoisotopic (exact) mass is 335 g/mol. The second-order valence-corrected chi connectivity index (χ2v) is 5.36. The van der Waals surface area contributed by atoms with Gasteiger partial charge in [-0.1, -0.05) is 28.1 Å². The SMILES string of the molecule is CC(NC(=O)c1ccc(O)cc1O)c1ccc(Br)cc1. The van der Waals surface area contributed by atoms with Crippen LogP contribution < -0.4 is 5.32 Å². The average Bonchev–Trinajstić information content (AvgIpc) is 2.39. The molecule has 2 aromatic rings. The Balaban J connectivity index is 2.13. The molecule has 0 aliphatic carbocycles.